The van der Waals surface area contributed by atoms with Gasteiger partial charge in [-0.25, -0.2) is 0 Å². The molecule has 0 aliphatic carbocycles. The number of hydrogen-bond acceptors (Lipinski definition) is 1. The molecule has 0 nitrogen and oxygen atoms in total. The van der Waals surface area contributed by atoms with E-state index in [4.69, 9.17) is 6.42 Å². The van der Waals surface area contributed by atoms with Gasteiger partial charge in [0.2, 0.25) is 0 Å². The predicted octanol–water partition coefficient (Wildman–Crippen LogP) is 2.15. The smallest absolute Gasteiger partial charge is 0.00964 e. The van der Waals surface area contributed by atoms with Crippen LogP contribution in [0.1, 0.15) is 19.8 Å². The van der Waals surface area contributed by atoms with E-state index in [1.807, 2.05) is 11.8 Å². The fourth-order valence-electron chi connectivity index (χ4n) is 0.404. The Balaban J connectivity index is 3.01. The van der Waals surface area contributed by atoms with E-state index in [0.29, 0.717) is 0 Å². The van der Waals surface area contributed by atoms with E-state index >= 15 is 0 Å². The van der Waals surface area contributed by atoms with Crippen molar-refractivity contribution in [2.45, 2.75) is 25.0 Å². The van der Waals surface area contributed by atoms with Gasteiger partial charge in [-0.3, -0.25) is 0 Å². The van der Waals surface area contributed by atoms with Gasteiger partial charge in [-0.15, -0.1) is 12.3 Å². The minimum Gasteiger partial charge on any atom is -0.162 e. The van der Waals surface area contributed by atoms with Crippen LogP contribution in [-0.2, 0) is 0 Å². The van der Waals surface area contributed by atoms with Crippen molar-refractivity contribution < 1.29 is 0 Å². The average molecular weight is 128 g/mol. The Morgan fingerprint density at radius 1 is 1.75 bits per heavy atom. The second kappa shape index (κ2) is 5.05. The molecule has 0 radical (unpaired) electrons. The lowest BCUT2D eigenvalue weighted by atomic mass is 10.3. The number of thioether (sulfide) groups is 1. The zero-order chi connectivity index (χ0) is 6.41. The van der Waals surface area contributed by atoms with Gasteiger partial charge in [0.05, 0.1) is 0 Å². The van der Waals surface area contributed by atoms with Crippen LogP contribution < -0.4 is 0 Å². The summed E-state index contributed by atoms with van der Waals surface area (Å²) in [6.45, 7) is 2.20. The van der Waals surface area contributed by atoms with Crippen LogP contribution in [0.25, 0.3) is 0 Å². The monoisotopic (exact) mass is 128 g/mol. The lowest BCUT2D eigenvalue weighted by Crippen LogP contribution is -1.92. The quantitative estimate of drug-likeness (QED) is 0.525. The third kappa shape index (κ3) is 4.08. The zero-order valence-corrected chi connectivity index (χ0v) is 6.29. The number of rotatable bonds is 3. The van der Waals surface area contributed by atoms with E-state index in [9.17, 15) is 0 Å². The second-order valence-electron chi connectivity index (χ2n) is 1.79. The number of terminal acetylenes is 1. The van der Waals surface area contributed by atoms with Crippen LogP contribution in [-0.4, -0.2) is 11.5 Å². The van der Waals surface area contributed by atoms with Crippen molar-refractivity contribution in [3.05, 3.63) is 0 Å². The molecule has 1 atom stereocenters. The van der Waals surface area contributed by atoms with Crippen LogP contribution in [0.15, 0.2) is 0 Å². The summed E-state index contributed by atoms with van der Waals surface area (Å²) >= 11 is 1.87. The SMILES string of the molecule is C#CCCC(C)SC. The molecule has 0 spiro atoms. The first-order valence-corrected chi connectivity index (χ1v) is 4.06. The maximum atomic E-state index is 5.07. The van der Waals surface area contributed by atoms with Crippen molar-refractivity contribution in [1.29, 1.82) is 0 Å². The molecule has 0 aromatic heterocycles. The van der Waals surface area contributed by atoms with E-state index in [0.717, 1.165) is 18.1 Å². The summed E-state index contributed by atoms with van der Waals surface area (Å²) in [6, 6.07) is 0. The van der Waals surface area contributed by atoms with Crippen LogP contribution in [0.4, 0.5) is 0 Å². The predicted molar refractivity (Wildman–Crippen MR) is 41.0 cm³/mol. The van der Waals surface area contributed by atoms with Gasteiger partial charge in [0.15, 0.2) is 0 Å². The first kappa shape index (κ1) is 7.91. The summed E-state index contributed by atoms with van der Waals surface area (Å²) in [5, 5.41) is 0.728. The molecule has 0 heterocycles. The van der Waals surface area contributed by atoms with Crippen LogP contribution in [0.2, 0.25) is 0 Å². The molecule has 8 heavy (non-hydrogen) atoms. The lowest BCUT2D eigenvalue weighted by molar-refractivity contribution is 0.849. The van der Waals surface area contributed by atoms with Gasteiger partial charge < -0.3 is 0 Å². The molecule has 46 valence electrons. The van der Waals surface area contributed by atoms with Gasteiger partial charge in [-0.2, -0.15) is 11.8 Å². The van der Waals surface area contributed by atoms with Crippen molar-refractivity contribution >= 4 is 11.8 Å². The molecule has 0 fully saturated rings. The summed E-state index contributed by atoms with van der Waals surface area (Å²) in [5.74, 6) is 2.62. The molecular formula is C7H12S. The van der Waals surface area contributed by atoms with Crippen molar-refractivity contribution in [2.24, 2.45) is 0 Å². The van der Waals surface area contributed by atoms with Gasteiger partial charge in [-0.05, 0) is 12.7 Å². The fourth-order valence-corrected chi connectivity index (χ4v) is 0.758. The van der Waals surface area contributed by atoms with E-state index in [1.54, 1.807) is 0 Å². The highest BCUT2D eigenvalue weighted by Gasteiger charge is 1.94. The lowest BCUT2D eigenvalue weighted by Gasteiger charge is -2.02. The Morgan fingerprint density at radius 2 is 2.38 bits per heavy atom. The molecule has 0 aromatic rings. The normalized spacial score (nSPS) is 12.6. The summed E-state index contributed by atoms with van der Waals surface area (Å²) in [4.78, 5) is 0. The van der Waals surface area contributed by atoms with Crippen molar-refractivity contribution in [2.75, 3.05) is 6.26 Å². The van der Waals surface area contributed by atoms with E-state index in [-0.39, 0.29) is 0 Å². The van der Waals surface area contributed by atoms with E-state index in [2.05, 4.69) is 19.1 Å². The maximum Gasteiger partial charge on any atom is 0.00964 e. The van der Waals surface area contributed by atoms with Gasteiger partial charge in [0.1, 0.15) is 0 Å². The Labute approximate surface area is 56.1 Å². The first-order valence-electron chi connectivity index (χ1n) is 2.77. The minimum atomic E-state index is 0.728. The molecule has 0 amide bonds. The van der Waals surface area contributed by atoms with Crippen molar-refractivity contribution in [3.8, 4) is 12.3 Å². The second-order valence-corrected chi connectivity index (χ2v) is 3.07. The molecule has 0 rings (SSSR count). The molecule has 1 heteroatoms. The minimum absolute atomic E-state index is 0.728. The van der Waals surface area contributed by atoms with Crippen LogP contribution in [0.3, 0.4) is 0 Å². The molecule has 0 aliphatic heterocycles. The van der Waals surface area contributed by atoms with Gasteiger partial charge >= 0.3 is 0 Å². The highest BCUT2D eigenvalue weighted by atomic mass is 32.2. The van der Waals surface area contributed by atoms with Crippen molar-refractivity contribution in [1.82, 2.24) is 0 Å². The Bertz CT molecular complexity index is 80.9. The number of hydrogen-bond donors (Lipinski definition) is 0. The van der Waals surface area contributed by atoms with Gasteiger partial charge in [0, 0.05) is 11.7 Å². The molecular weight excluding hydrogens is 116 g/mol. The van der Waals surface area contributed by atoms with Crippen LogP contribution in [0, 0.1) is 12.3 Å². The van der Waals surface area contributed by atoms with Gasteiger partial charge in [0.25, 0.3) is 0 Å². The topological polar surface area (TPSA) is 0 Å². The van der Waals surface area contributed by atoms with Crippen molar-refractivity contribution in [3.63, 3.8) is 0 Å². The summed E-state index contributed by atoms with van der Waals surface area (Å²) < 4.78 is 0. The summed E-state index contributed by atoms with van der Waals surface area (Å²) in [5.41, 5.74) is 0. The Hall–Kier alpha value is -0.0900. The zero-order valence-electron chi connectivity index (χ0n) is 5.48. The summed E-state index contributed by atoms with van der Waals surface area (Å²) in [6.07, 6.45) is 9.25. The molecule has 0 saturated heterocycles. The fraction of sp³-hybridized carbons (Fsp3) is 0.714. The van der Waals surface area contributed by atoms with Crippen LogP contribution >= 0.6 is 11.8 Å². The molecule has 1 unspecified atom stereocenters. The molecule has 0 aliphatic rings. The molecule has 0 aromatic carbocycles. The third-order valence-electron chi connectivity index (χ3n) is 1.10. The Kier molecular flexibility index (Phi) is 5.00. The largest absolute Gasteiger partial charge is 0.162 e. The highest BCUT2D eigenvalue weighted by molar-refractivity contribution is 7.99. The molecule has 0 bridgehead atoms. The Morgan fingerprint density at radius 3 is 2.75 bits per heavy atom. The standard InChI is InChI=1S/C7H12S/c1-4-5-6-7(2)8-3/h1,7H,5-6H2,2-3H3. The first-order chi connectivity index (χ1) is 3.81. The average Bonchev–Trinajstić information content (AvgIpc) is 1.83. The molecule has 0 N–H and O–H groups in total. The van der Waals surface area contributed by atoms with E-state index in [1.165, 1.54) is 0 Å². The highest BCUT2D eigenvalue weighted by Crippen LogP contribution is 2.10. The molecule has 0 saturated carbocycles. The third-order valence-corrected chi connectivity index (χ3v) is 2.14. The summed E-state index contributed by atoms with van der Waals surface area (Å²) in [7, 11) is 0. The van der Waals surface area contributed by atoms with Crippen LogP contribution in [0.5, 0.6) is 0 Å². The van der Waals surface area contributed by atoms with E-state index < -0.39 is 0 Å². The van der Waals surface area contributed by atoms with Gasteiger partial charge in [-0.1, -0.05) is 6.92 Å². The maximum absolute atomic E-state index is 5.07.